The lowest BCUT2D eigenvalue weighted by Crippen LogP contribution is -2.55. The van der Waals surface area contributed by atoms with Gasteiger partial charge in [-0.2, -0.15) is 13.2 Å². The molecule has 0 unspecified atom stereocenters. The Kier molecular flexibility index (Phi) is 8.32. The number of hydrogen-bond donors (Lipinski definition) is 2. The summed E-state index contributed by atoms with van der Waals surface area (Å²) in [6, 6.07) is -0.850. The molecular formula is C20H24F4N4O5. The van der Waals surface area contributed by atoms with Crippen LogP contribution in [0.5, 0.6) is 0 Å². The van der Waals surface area contributed by atoms with Gasteiger partial charge in [0.15, 0.2) is 5.82 Å². The van der Waals surface area contributed by atoms with E-state index in [0.717, 1.165) is 6.20 Å². The van der Waals surface area contributed by atoms with E-state index < -0.39 is 55.1 Å². The Balaban J connectivity index is 2.10. The molecule has 2 rings (SSSR count). The predicted octanol–water partition coefficient (Wildman–Crippen LogP) is 2.45. The molecule has 2 atom stereocenters. The number of carbonyl (C=O) groups excluding carboxylic acids is 2. The van der Waals surface area contributed by atoms with E-state index in [-0.39, 0.29) is 24.4 Å². The van der Waals surface area contributed by atoms with Crippen molar-refractivity contribution in [1.29, 1.82) is 0 Å². The highest BCUT2D eigenvalue weighted by molar-refractivity contribution is 5.69. The number of hydrogen-bond acceptors (Lipinski definition) is 7. The van der Waals surface area contributed by atoms with Crippen LogP contribution in [0.1, 0.15) is 26.3 Å². The van der Waals surface area contributed by atoms with Gasteiger partial charge in [0.05, 0.1) is 42.8 Å². The van der Waals surface area contributed by atoms with Crippen LogP contribution in [0, 0.1) is 17.7 Å². The number of morpholine rings is 1. The molecule has 1 aliphatic heterocycles. The molecule has 182 valence electrons. The summed E-state index contributed by atoms with van der Waals surface area (Å²) in [5.74, 6) is 4.51. The zero-order chi connectivity index (χ0) is 24.8. The SMILES string of the molecule is CC(C)(C)OC(=O)N1C[C@@H](C#Cc2c(N)cncc2F)OC[C@@H]1COC(=O)NCC(F)(F)F. The number of nitrogens with one attached hydrogen (secondary N) is 1. The van der Waals surface area contributed by atoms with Gasteiger partial charge >= 0.3 is 18.4 Å². The summed E-state index contributed by atoms with van der Waals surface area (Å²) in [6.45, 7) is 2.63. The van der Waals surface area contributed by atoms with E-state index >= 15 is 0 Å². The van der Waals surface area contributed by atoms with Crippen LogP contribution in [0.15, 0.2) is 12.4 Å². The molecule has 0 radical (unpaired) electrons. The number of alkyl halides is 3. The van der Waals surface area contributed by atoms with Crippen LogP contribution in [0.4, 0.5) is 32.8 Å². The number of anilines is 1. The van der Waals surface area contributed by atoms with Gasteiger partial charge in [0.1, 0.15) is 24.9 Å². The zero-order valence-corrected chi connectivity index (χ0v) is 18.2. The second kappa shape index (κ2) is 10.6. The van der Waals surface area contributed by atoms with Crippen molar-refractivity contribution in [3.63, 3.8) is 0 Å². The Morgan fingerprint density at radius 1 is 1.33 bits per heavy atom. The van der Waals surface area contributed by atoms with Gasteiger partial charge in [0.25, 0.3) is 0 Å². The normalized spacial score (nSPS) is 18.7. The summed E-state index contributed by atoms with van der Waals surface area (Å²) in [5.41, 5.74) is 4.77. The number of amides is 2. The van der Waals surface area contributed by atoms with Gasteiger partial charge in [-0.25, -0.2) is 14.0 Å². The van der Waals surface area contributed by atoms with E-state index in [1.807, 2.05) is 0 Å². The lowest BCUT2D eigenvalue weighted by Gasteiger charge is -2.38. The number of nitrogens with zero attached hydrogens (tertiary/aromatic N) is 2. The summed E-state index contributed by atoms with van der Waals surface area (Å²) in [7, 11) is 0. The molecule has 9 nitrogen and oxygen atoms in total. The molecule has 0 saturated carbocycles. The van der Waals surface area contributed by atoms with Crippen molar-refractivity contribution in [2.45, 2.75) is 44.7 Å². The number of nitrogen functional groups attached to an aromatic ring is 1. The highest BCUT2D eigenvalue weighted by atomic mass is 19.4. The number of ether oxygens (including phenoxy) is 3. The van der Waals surface area contributed by atoms with Crippen molar-refractivity contribution in [1.82, 2.24) is 15.2 Å². The topological polar surface area (TPSA) is 116 Å². The minimum atomic E-state index is -4.60. The molecule has 33 heavy (non-hydrogen) atoms. The summed E-state index contributed by atoms with van der Waals surface area (Å²) in [4.78, 5) is 29.0. The van der Waals surface area contributed by atoms with Crippen LogP contribution in [-0.2, 0) is 14.2 Å². The molecule has 1 aromatic rings. The maximum absolute atomic E-state index is 13.9. The van der Waals surface area contributed by atoms with Crippen molar-refractivity contribution in [3.05, 3.63) is 23.8 Å². The maximum Gasteiger partial charge on any atom is 0.410 e. The van der Waals surface area contributed by atoms with Crippen molar-refractivity contribution in [2.75, 3.05) is 32.0 Å². The minimum absolute atomic E-state index is 0.0263. The first-order chi connectivity index (χ1) is 15.2. The van der Waals surface area contributed by atoms with Crippen LogP contribution >= 0.6 is 0 Å². The van der Waals surface area contributed by atoms with Gasteiger partial charge in [-0.1, -0.05) is 11.8 Å². The largest absolute Gasteiger partial charge is 0.447 e. The van der Waals surface area contributed by atoms with Gasteiger partial charge in [-0.15, -0.1) is 0 Å². The lowest BCUT2D eigenvalue weighted by atomic mass is 10.1. The van der Waals surface area contributed by atoms with E-state index in [1.54, 1.807) is 26.1 Å². The van der Waals surface area contributed by atoms with Crippen molar-refractivity contribution >= 4 is 17.9 Å². The standard InChI is InChI=1S/C20H24F4N4O5/c1-19(2,3)33-18(30)28-8-13(4-5-14-15(21)6-26-7-16(14)25)31-9-12(28)10-32-17(29)27-11-20(22,23)24/h6-7,12-13H,8-11,25H2,1-3H3,(H,27,29)/t12-,13-/m1/s1. The average Bonchev–Trinajstić information content (AvgIpc) is 2.69. The van der Waals surface area contributed by atoms with Gasteiger partial charge in [-0.05, 0) is 20.8 Å². The number of halogens is 4. The first-order valence-electron chi connectivity index (χ1n) is 9.74. The molecule has 1 saturated heterocycles. The molecule has 1 fully saturated rings. The van der Waals surface area contributed by atoms with Crippen LogP contribution in [-0.4, -0.2) is 72.3 Å². The molecule has 1 aliphatic rings. The van der Waals surface area contributed by atoms with Gasteiger partial charge in [0, 0.05) is 0 Å². The molecule has 0 aliphatic carbocycles. The molecule has 0 bridgehead atoms. The van der Waals surface area contributed by atoms with E-state index in [4.69, 9.17) is 19.9 Å². The number of nitrogens with two attached hydrogens (primary N) is 1. The molecular weight excluding hydrogens is 452 g/mol. The summed E-state index contributed by atoms with van der Waals surface area (Å²) in [6.07, 6.45) is -5.34. The highest BCUT2D eigenvalue weighted by Gasteiger charge is 2.36. The minimum Gasteiger partial charge on any atom is -0.447 e. The Hall–Kier alpha value is -3.27. The van der Waals surface area contributed by atoms with Crippen LogP contribution in [0.2, 0.25) is 0 Å². The number of aromatic nitrogens is 1. The molecule has 3 N–H and O–H groups in total. The first kappa shape index (κ1) is 26.0. The average molecular weight is 476 g/mol. The summed E-state index contributed by atoms with van der Waals surface area (Å²) < 4.78 is 66.2. The van der Waals surface area contributed by atoms with Gasteiger partial charge in [0.2, 0.25) is 0 Å². The highest BCUT2D eigenvalue weighted by Crippen LogP contribution is 2.19. The molecule has 0 spiro atoms. The number of rotatable bonds is 3. The molecule has 0 aromatic carbocycles. The number of alkyl carbamates (subject to hydrolysis) is 1. The molecule has 13 heteroatoms. The molecule has 2 amide bonds. The second-order valence-electron chi connectivity index (χ2n) is 8.03. The fourth-order valence-electron chi connectivity index (χ4n) is 2.60. The summed E-state index contributed by atoms with van der Waals surface area (Å²) >= 11 is 0. The smallest absolute Gasteiger partial charge is 0.410 e. The third kappa shape index (κ3) is 8.64. The Morgan fingerprint density at radius 2 is 2.03 bits per heavy atom. The zero-order valence-electron chi connectivity index (χ0n) is 18.2. The summed E-state index contributed by atoms with van der Waals surface area (Å²) in [5, 5.41) is 1.57. The Morgan fingerprint density at radius 3 is 2.64 bits per heavy atom. The van der Waals surface area contributed by atoms with Crippen molar-refractivity contribution in [2.24, 2.45) is 0 Å². The van der Waals surface area contributed by atoms with E-state index in [0.29, 0.717) is 0 Å². The van der Waals surface area contributed by atoms with E-state index in [2.05, 4.69) is 16.8 Å². The third-order valence-corrected chi connectivity index (χ3v) is 4.05. The molecule has 1 aromatic heterocycles. The van der Waals surface area contributed by atoms with Gasteiger partial charge in [-0.3, -0.25) is 9.88 Å². The first-order valence-corrected chi connectivity index (χ1v) is 9.74. The van der Waals surface area contributed by atoms with Crippen LogP contribution in [0.25, 0.3) is 0 Å². The van der Waals surface area contributed by atoms with Crippen molar-refractivity contribution in [3.8, 4) is 11.8 Å². The van der Waals surface area contributed by atoms with Crippen LogP contribution < -0.4 is 11.1 Å². The Labute approximate surface area is 187 Å². The maximum atomic E-state index is 13.9. The predicted molar refractivity (Wildman–Crippen MR) is 107 cm³/mol. The van der Waals surface area contributed by atoms with Crippen LogP contribution in [0.3, 0.4) is 0 Å². The van der Waals surface area contributed by atoms with Gasteiger partial charge < -0.3 is 25.3 Å². The second-order valence-corrected chi connectivity index (χ2v) is 8.03. The van der Waals surface area contributed by atoms with E-state index in [9.17, 15) is 27.2 Å². The molecule has 2 heterocycles. The fourth-order valence-corrected chi connectivity index (χ4v) is 2.60. The lowest BCUT2D eigenvalue weighted by molar-refractivity contribution is -0.124. The third-order valence-electron chi connectivity index (χ3n) is 4.05. The fraction of sp³-hybridized carbons (Fsp3) is 0.550. The number of carbonyl (C=O) groups is 2. The monoisotopic (exact) mass is 476 g/mol. The van der Waals surface area contributed by atoms with E-state index in [1.165, 1.54) is 11.1 Å². The van der Waals surface area contributed by atoms with Crippen molar-refractivity contribution < 1.29 is 41.4 Å². The number of pyridine rings is 1. The quantitative estimate of drug-likeness (QED) is 0.509. The Bertz CT molecular complexity index is 903.